The van der Waals surface area contributed by atoms with Crippen molar-refractivity contribution in [2.75, 3.05) is 20.7 Å². The van der Waals surface area contributed by atoms with E-state index in [4.69, 9.17) is 4.74 Å². The van der Waals surface area contributed by atoms with E-state index in [1.54, 1.807) is 36.2 Å². The number of hydrogen-bond acceptors (Lipinski definition) is 4. The molecule has 1 heterocycles. The Morgan fingerprint density at radius 2 is 2.26 bits per heavy atom. The maximum atomic E-state index is 12.1. The van der Waals surface area contributed by atoms with E-state index >= 15 is 0 Å². The lowest BCUT2D eigenvalue weighted by molar-refractivity contribution is -0.138. The zero-order valence-electron chi connectivity index (χ0n) is 13.3. The Bertz CT molecular complexity index is 810. The molecule has 6 heteroatoms. The van der Waals surface area contributed by atoms with Crippen LogP contribution in [0.15, 0.2) is 35.1 Å². The number of aromatic amines is 1. The maximum absolute atomic E-state index is 12.1. The Labute approximate surface area is 134 Å². The molecule has 0 aliphatic carbocycles. The molecule has 1 aromatic carbocycles. The van der Waals surface area contributed by atoms with Crippen molar-refractivity contribution >= 4 is 29.3 Å². The van der Waals surface area contributed by atoms with Gasteiger partial charge in [-0.15, -0.1) is 0 Å². The van der Waals surface area contributed by atoms with E-state index < -0.39 is 5.97 Å². The van der Waals surface area contributed by atoms with Gasteiger partial charge in [-0.1, -0.05) is 6.07 Å². The molecular weight excluding hydrogens is 292 g/mol. The van der Waals surface area contributed by atoms with Gasteiger partial charge in [0.2, 0.25) is 0 Å². The number of ether oxygens (including phenoxy) is 1. The molecule has 0 aliphatic rings. The minimum Gasteiger partial charge on any atom is -0.461 e. The zero-order valence-corrected chi connectivity index (χ0v) is 13.3. The molecule has 0 atom stereocenters. The fourth-order valence-corrected chi connectivity index (χ4v) is 2.10. The van der Waals surface area contributed by atoms with Gasteiger partial charge >= 0.3 is 5.97 Å². The fraction of sp³-hybridized carbons (Fsp3) is 0.235. The number of nitrogens with one attached hydrogen (secondary N) is 1. The molecule has 0 unspecified atom stereocenters. The molecule has 0 saturated heterocycles. The summed E-state index contributed by atoms with van der Waals surface area (Å²) >= 11 is 0. The molecule has 0 aliphatic heterocycles. The van der Waals surface area contributed by atoms with Crippen molar-refractivity contribution in [3.63, 3.8) is 0 Å². The largest absolute Gasteiger partial charge is 0.461 e. The van der Waals surface area contributed by atoms with E-state index in [1.165, 1.54) is 6.34 Å². The summed E-state index contributed by atoms with van der Waals surface area (Å²) in [5, 5.41) is 10.0. The highest BCUT2D eigenvalue weighted by Gasteiger charge is 2.13. The van der Waals surface area contributed by atoms with Crippen LogP contribution in [0.4, 0.5) is 0 Å². The highest BCUT2D eigenvalue weighted by atomic mass is 16.5. The minimum absolute atomic E-state index is 0.175. The number of carbonyl (C=O) groups excluding carboxylic acids is 1. The summed E-state index contributed by atoms with van der Waals surface area (Å²) in [5.74, 6) is -0.505. The lowest BCUT2D eigenvalue weighted by atomic mass is 10.1. The minimum atomic E-state index is -0.505. The molecule has 6 nitrogen and oxygen atoms in total. The summed E-state index contributed by atoms with van der Waals surface area (Å²) in [6, 6.07) is 7.58. The Hall–Kier alpha value is -3.07. The summed E-state index contributed by atoms with van der Waals surface area (Å²) in [5.41, 5.74) is 2.26. The molecule has 0 amide bonds. The van der Waals surface area contributed by atoms with Crippen LogP contribution in [0.3, 0.4) is 0 Å². The van der Waals surface area contributed by atoms with E-state index in [-0.39, 0.29) is 12.3 Å². The molecule has 0 bridgehead atoms. The van der Waals surface area contributed by atoms with Crippen molar-refractivity contribution in [2.24, 2.45) is 4.99 Å². The standard InChI is InChI=1S/C17H18N4O2/c1-4-23-17(22)15(20-11-21(2)3)8-13-10-19-14-7-5-6-12(9-18)16(13)14/h5-8,10-11,19H,4H2,1-3H3. The van der Waals surface area contributed by atoms with Gasteiger partial charge in [0, 0.05) is 36.8 Å². The Kier molecular flexibility index (Phi) is 5.15. The average molecular weight is 310 g/mol. The van der Waals surface area contributed by atoms with E-state index in [0.717, 1.165) is 16.5 Å². The number of aromatic nitrogens is 1. The van der Waals surface area contributed by atoms with Crippen LogP contribution in [0.1, 0.15) is 18.1 Å². The quantitative estimate of drug-likeness (QED) is 0.398. The summed E-state index contributed by atoms with van der Waals surface area (Å²) in [6.07, 6.45) is 4.90. The zero-order chi connectivity index (χ0) is 16.8. The number of fused-ring (bicyclic) bond motifs is 1. The van der Waals surface area contributed by atoms with Crippen LogP contribution in [0.25, 0.3) is 17.0 Å². The van der Waals surface area contributed by atoms with Gasteiger partial charge in [0.1, 0.15) is 0 Å². The predicted octanol–water partition coefficient (Wildman–Crippen LogP) is 2.53. The van der Waals surface area contributed by atoms with Crippen molar-refractivity contribution < 1.29 is 9.53 Å². The Morgan fingerprint density at radius 1 is 1.48 bits per heavy atom. The van der Waals surface area contributed by atoms with Crippen LogP contribution in [0.2, 0.25) is 0 Å². The van der Waals surface area contributed by atoms with Crippen LogP contribution in [0, 0.1) is 11.3 Å². The molecule has 0 fully saturated rings. The van der Waals surface area contributed by atoms with Crippen molar-refractivity contribution in [1.82, 2.24) is 9.88 Å². The van der Waals surface area contributed by atoms with Gasteiger partial charge in [-0.05, 0) is 25.1 Å². The van der Waals surface area contributed by atoms with Gasteiger partial charge in [0.15, 0.2) is 5.70 Å². The second-order valence-corrected chi connectivity index (χ2v) is 5.04. The normalized spacial score (nSPS) is 11.7. The van der Waals surface area contributed by atoms with Crippen molar-refractivity contribution in [2.45, 2.75) is 6.92 Å². The van der Waals surface area contributed by atoms with Gasteiger partial charge in [-0.3, -0.25) is 0 Å². The number of carbonyl (C=O) groups is 1. The molecular formula is C17H18N4O2. The van der Waals surface area contributed by atoms with Gasteiger partial charge in [-0.25, -0.2) is 9.79 Å². The topological polar surface area (TPSA) is 81.5 Å². The van der Waals surface area contributed by atoms with E-state index in [1.807, 2.05) is 20.2 Å². The first kappa shape index (κ1) is 16.3. The first-order valence-corrected chi connectivity index (χ1v) is 7.16. The number of rotatable bonds is 5. The number of esters is 1. The summed E-state index contributed by atoms with van der Waals surface area (Å²) in [4.78, 5) is 21.1. The molecule has 0 spiro atoms. The molecule has 1 N–H and O–H groups in total. The number of H-pyrrole nitrogens is 1. The van der Waals surface area contributed by atoms with Gasteiger partial charge in [0.25, 0.3) is 0 Å². The lowest BCUT2D eigenvalue weighted by Gasteiger charge is -2.05. The molecule has 2 rings (SSSR count). The first-order valence-electron chi connectivity index (χ1n) is 7.16. The van der Waals surface area contributed by atoms with Gasteiger partial charge < -0.3 is 14.6 Å². The maximum Gasteiger partial charge on any atom is 0.356 e. The van der Waals surface area contributed by atoms with Crippen LogP contribution in [-0.4, -0.2) is 42.9 Å². The Morgan fingerprint density at radius 3 is 2.91 bits per heavy atom. The SMILES string of the molecule is CCOC(=O)C(=Cc1c[nH]c2cccc(C#N)c12)N=CN(C)C. The van der Waals surface area contributed by atoms with Crippen LogP contribution in [-0.2, 0) is 9.53 Å². The van der Waals surface area contributed by atoms with Gasteiger partial charge in [-0.2, -0.15) is 5.26 Å². The molecule has 0 saturated carbocycles. The summed E-state index contributed by atoms with van der Waals surface area (Å²) in [7, 11) is 3.62. The smallest absolute Gasteiger partial charge is 0.356 e. The molecule has 0 radical (unpaired) electrons. The predicted molar refractivity (Wildman–Crippen MR) is 89.8 cm³/mol. The molecule has 2 aromatic rings. The molecule has 118 valence electrons. The third-order valence-electron chi connectivity index (χ3n) is 3.06. The summed E-state index contributed by atoms with van der Waals surface area (Å²) < 4.78 is 5.04. The number of aliphatic imine (C=N–C) groups is 1. The highest BCUT2D eigenvalue weighted by molar-refractivity contribution is 6.00. The number of nitrogens with zero attached hydrogens (tertiary/aromatic N) is 3. The van der Waals surface area contributed by atoms with Crippen molar-refractivity contribution in [1.29, 1.82) is 5.26 Å². The highest BCUT2D eigenvalue weighted by Crippen LogP contribution is 2.24. The third kappa shape index (κ3) is 3.77. The average Bonchev–Trinajstić information content (AvgIpc) is 2.94. The third-order valence-corrected chi connectivity index (χ3v) is 3.06. The molecule has 23 heavy (non-hydrogen) atoms. The second-order valence-electron chi connectivity index (χ2n) is 5.04. The monoisotopic (exact) mass is 310 g/mol. The number of benzene rings is 1. The van der Waals surface area contributed by atoms with Crippen LogP contribution >= 0.6 is 0 Å². The van der Waals surface area contributed by atoms with E-state index in [2.05, 4.69) is 16.0 Å². The Balaban J connectivity index is 2.54. The fourth-order valence-electron chi connectivity index (χ4n) is 2.10. The molecule has 1 aromatic heterocycles. The second kappa shape index (κ2) is 7.27. The first-order chi connectivity index (χ1) is 11.1. The summed E-state index contributed by atoms with van der Waals surface area (Å²) in [6.45, 7) is 2.01. The van der Waals surface area contributed by atoms with Crippen molar-refractivity contribution in [3.8, 4) is 6.07 Å². The van der Waals surface area contributed by atoms with E-state index in [9.17, 15) is 10.1 Å². The van der Waals surface area contributed by atoms with Gasteiger partial charge in [0.05, 0.1) is 24.6 Å². The van der Waals surface area contributed by atoms with E-state index in [0.29, 0.717) is 5.56 Å². The number of nitriles is 1. The van der Waals surface area contributed by atoms with Crippen molar-refractivity contribution in [3.05, 3.63) is 41.2 Å². The number of hydrogen-bond donors (Lipinski definition) is 1. The van der Waals surface area contributed by atoms with Crippen LogP contribution in [0.5, 0.6) is 0 Å². The van der Waals surface area contributed by atoms with Crippen LogP contribution < -0.4 is 0 Å². The lowest BCUT2D eigenvalue weighted by Crippen LogP contribution is -2.11.